The second-order valence-electron chi connectivity index (χ2n) is 10.9. The van der Waals surface area contributed by atoms with Gasteiger partial charge in [-0.2, -0.15) is 0 Å². The van der Waals surface area contributed by atoms with Gasteiger partial charge in [-0.15, -0.1) is 0 Å². The molecule has 238 valence electrons. The van der Waals surface area contributed by atoms with Gasteiger partial charge in [0.1, 0.15) is 50.0 Å². The van der Waals surface area contributed by atoms with Gasteiger partial charge in [0.2, 0.25) is 0 Å². The van der Waals surface area contributed by atoms with E-state index >= 15 is 0 Å². The highest BCUT2D eigenvalue weighted by atomic mass is 16.5. The summed E-state index contributed by atoms with van der Waals surface area (Å²) in [7, 11) is 0. The van der Waals surface area contributed by atoms with Crippen molar-refractivity contribution in [3.05, 3.63) is 84.9 Å². The van der Waals surface area contributed by atoms with Crippen molar-refractivity contribution < 1.29 is 50.1 Å². The van der Waals surface area contributed by atoms with Crippen LogP contribution >= 0.6 is 0 Å². The maximum atomic E-state index is 9.88. The molecule has 0 aliphatic heterocycles. The Hall–Kier alpha value is -4.22. The first-order chi connectivity index (χ1) is 21.0. The van der Waals surface area contributed by atoms with Crippen LogP contribution in [0.2, 0.25) is 0 Å². The number of rotatable bonds is 12. The van der Waals surface area contributed by atoms with E-state index in [2.05, 4.69) is 62.6 Å². The van der Waals surface area contributed by atoms with Crippen LogP contribution in [0.25, 0.3) is 21.5 Å². The summed E-state index contributed by atoms with van der Waals surface area (Å²) in [6, 6.07) is 29.2. The molecule has 6 N–H and O–H groups in total. The lowest BCUT2D eigenvalue weighted by Gasteiger charge is -2.14. The molecule has 10 heteroatoms. The van der Waals surface area contributed by atoms with Crippen LogP contribution < -0.4 is 30.3 Å². The predicted octanol–water partition coefficient (Wildman–Crippen LogP) is -0.411. The van der Waals surface area contributed by atoms with Gasteiger partial charge in [-0.1, -0.05) is 72.8 Å². The van der Waals surface area contributed by atoms with Crippen LogP contribution in [0.5, 0.6) is 11.5 Å². The number of ether oxygens (including phenoxy) is 2. The molecule has 0 aliphatic rings. The summed E-state index contributed by atoms with van der Waals surface area (Å²) < 4.78 is 11.5. The molecule has 2 atom stereocenters. The van der Waals surface area contributed by atoms with E-state index in [9.17, 15) is 10.2 Å². The first-order valence-electron chi connectivity index (χ1n) is 14.6. The first-order valence-corrected chi connectivity index (χ1v) is 14.6. The van der Waals surface area contributed by atoms with Gasteiger partial charge in [0.05, 0.1) is 24.0 Å². The van der Waals surface area contributed by atoms with Crippen LogP contribution in [0.4, 0.5) is 0 Å². The van der Waals surface area contributed by atoms with E-state index in [1.807, 2.05) is 60.7 Å². The van der Waals surface area contributed by atoms with Crippen molar-refractivity contribution in [1.29, 1.82) is 0 Å². The fourth-order valence-electron chi connectivity index (χ4n) is 4.01. The zero-order valence-corrected chi connectivity index (χ0v) is 25.7. The molecule has 0 spiro atoms. The fraction of sp³-hybridized carbons (Fsp3) is 0.353. The smallest absolute Gasteiger partial charge is 0.137 e. The molecular formula is C34H44N2O8. The Labute approximate surface area is 258 Å². The molecule has 0 aromatic heterocycles. The molecule has 4 aromatic carbocycles. The van der Waals surface area contributed by atoms with Crippen LogP contribution in [-0.4, -0.2) is 72.7 Å². The Morgan fingerprint density at radius 1 is 0.614 bits per heavy atom. The van der Waals surface area contributed by atoms with Crippen molar-refractivity contribution in [2.75, 3.05) is 26.3 Å². The molecule has 0 radical (unpaired) electrons. The van der Waals surface area contributed by atoms with E-state index in [1.54, 1.807) is 0 Å². The van der Waals surface area contributed by atoms with Crippen LogP contribution in [0.3, 0.4) is 0 Å². The van der Waals surface area contributed by atoms with Gasteiger partial charge in [0.15, 0.2) is 0 Å². The Bertz CT molecular complexity index is 1320. The van der Waals surface area contributed by atoms with Gasteiger partial charge in [0, 0.05) is 10.8 Å². The Morgan fingerprint density at radius 2 is 0.955 bits per heavy atom. The first kappa shape index (κ1) is 36.0. The van der Waals surface area contributed by atoms with Crippen molar-refractivity contribution in [3.63, 3.8) is 0 Å². The summed E-state index contributed by atoms with van der Waals surface area (Å²) in [5.41, 5.74) is 0. The molecule has 0 saturated carbocycles. The highest BCUT2D eigenvalue weighted by Crippen LogP contribution is 2.26. The Balaban J connectivity index is 0.000000260. The fourth-order valence-corrected chi connectivity index (χ4v) is 4.01. The zero-order chi connectivity index (χ0) is 32.5. The van der Waals surface area contributed by atoms with E-state index in [0.29, 0.717) is 38.4 Å². The van der Waals surface area contributed by atoms with E-state index in [-0.39, 0.29) is 0 Å². The zero-order valence-electron chi connectivity index (χ0n) is 25.7. The van der Waals surface area contributed by atoms with Crippen LogP contribution in [0.1, 0.15) is 27.7 Å². The Morgan fingerprint density at radius 3 is 1.30 bits per heavy atom. The molecule has 4 rings (SSSR count). The number of nitrogens with two attached hydrogens (primary N) is 2. The lowest BCUT2D eigenvalue weighted by atomic mass is 10.1. The molecule has 10 nitrogen and oxygen atoms in total. The topological polar surface area (TPSA) is 172 Å². The second kappa shape index (κ2) is 19.1. The van der Waals surface area contributed by atoms with Gasteiger partial charge < -0.3 is 50.1 Å². The summed E-state index contributed by atoms with van der Waals surface area (Å²) in [6.07, 6.45) is -0.886. The summed E-state index contributed by atoms with van der Waals surface area (Å²) in [5, 5.41) is 46.3. The average Bonchev–Trinajstić information content (AvgIpc) is 3.01. The molecule has 0 saturated heterocycles. The van der Waals surface area contributed by atoms with Crippen molar-refractivity contribution in [2.45, 2.75) is 52.0 Å². The number of carbonyl (C=O) groups excluding carboxylic acids is 2. The molecule has 0 bridgehead atoms. The summed E-state index contributed by atoms with van der Waals surface area (Å²) in [4.78, 5) is 17.9. The van der Waals surface area contributed by atoms with Crippen molar-refractivity contribution in [1.82, 2.24) is 0 Å². The van der Waals surface area contributed by atoms with Crippen LogP contribution in [-0.2, 0) is 9.59 Å². The molecule has 4 aromatic rings. The van der Waals surface area contributed by atoms with E-state index in [1.165, 1.54) is 0 Å². The second-order valence-corrected chi connectivity index (χ2v) is 10.9. The standard InChI is InChI=1S/2C16H21NO2.C2H2O4/c2*1-12(2)17-10-14(18)11-19-16-9-5-7-13-6-3-4-8-15(13)16;3-1(4)2(5)6/h2*3-9,12,14,17-18H,10-11H2,1-2H3;(H,3,4)(H,5,6)/t2*14-;/m10./s1. The largest absolute Gasteiger partial charge is 0.543 e. The maximum Gasteiger partial charge on any atom is 0.137 e. The third-order valence-electron chi connectivity index (χ3n) is 6.29. The molecule has 0 amide bonds. The van der Waals surface area contributed by atoms with Crippen molar-refractivity contribution in [2.24, 2.45) is 0 Å². The predicted molar refractivity (Wildman–Crippen MR) is 165 cm³/mol. The number of carboxylic acid groups (broad SMARTS) is 2. The SMILES string of the molecule is CC(C)[NH2+]C[C@@H](O)COc1cccc2ccccc12.CC(C)[NH2+]C[C@H](O)COc1cccc2ccccc12.O=C([O-])C(=O)[O-]. The number of fused-ring (bicyclic) bond motifs is 2. The monoisotopic (exact) mass is 608 g/mol. The minimum atomic E-state index is -2.19. The normalized spacial score (nSPS) is 12.1. The van der Waals surface area contributed by atoms with E-state index in [0.717, 1.165) is 33.0 Å². The quantitative estimate of drug-likeness (QED) is 0.157. The molecule has 44 heavy (non-hydrogen) atoms. The van der Waals surface area contributed by atoms with Crippen LogP contribution in [0, 0.1) is 0 Å². The minimum absolute atomic E-state index is 0.331. The van der Waals surface area contributed by atoms with E-state index < -0.39 is 24.1 Å². The highest BCUT2D eigenvalue weighted by Gasteiger charge is 2.11. The number of carboxylic acids is 2. The number of aliphatic hydroxyl groups excluding tert-OH is 2. The summed E-state index contributed by atoms with van der Waals surface area (Å²) in [5.74, 6) is -2.70. The maximum absolute atomic E-state index is 9.88. The minimum Gasteiger partial charge on any atom is -0.543 e. The number of quaternary nitrogens is 2. The van der Waals surface area contributed by atoms with E-state index in [4.69, 9.17) is 29.3 Å². The Kier molecular flexibility index (Phi) is 15.6. The molecule has 0 heterocycles. The van der Waals surface area contributed by atoms with Gasteiger partial charge in [-0.05, 0) is 50.6 Å². The average molecular weight is 609 g/mol. The number of hydrogen-bond acceptors (Lipinski definition) is 8. The number of carbonyl (C=O) groups is 2. The van der Waals surface area contributed by atoms with Gasteiger partial charge in [-0.3, -0.25) is 0 Å². The van der Waals surface area contributed by atoms with Crippen LogP contribution in [0.15, 0.2) is 84.9 Å². The number of aliphatic hydroxyl groups is 2. The van der Waals surface area contributed by atoms with Gasteiger partial charge in [0.25, 0.3) is 0 Å². The molecule has 0 unspecified atom stereocenters. The summed E-state index contributed by atoms with van der Waals surface area (Å²) in [6.45, 7) is 10.4. The lowest BCUT2D eigenvalue weighted by Crippen LogP contribution is -2.90. The molecule has 0 aliphatic carbocycles. The number of aliphatic carboxylic acids is 2. The molecular weight excluding hydrogens is 564 g/mol. The van der Waals surface area contributed by atoms with Crippen molar-refractivity contribution >= 4 is 33.5 Å². The summed E-state index contributed by atoms with van der Waals surface area (Å²) >= 11 is 0. The molecule has 0 fully saturated rings. The van der Waals surface area contributed by atoms with Gasteiger partial charge in [-0.25, -0.2) is 0 Å². The van der Waals surface area contributed by atoms with Crippen molar-refractivity contribution in [3.8, 4) is 11.5 Å². The lowest BCUT2D eigenvalue weighted by molar-refractivity contribution is -0.688. The highest BCUT2D eigenvalue weighted by molar-refractivity contribution is 6.25. The third-order valence-corrected chi connectivity index (χ3v) is 6.29. The number of benzene rings is 4. The number of hydrogen-bond donors (Lipinski definition) is 4. The third kappa shape index (κ3) is 13.4. The van der Waals surface area contributed by atoms with Gasteiger partial charge >= 0.3 is 0 Å².